The fraction of sp³-hybridized carbons (Fsp3) is 0.533. The highest BCUT2D eigenvalue weighted by atomic mass is 32.1. The molecule has 0 saturated carbocycles. The number of likely N-dealkylation sites (N-methyl/N-ethyl adjacent to an activating group) is 1. The van der Waals surface area contributed by atoms with Crippen molar-refractivity contribution >= 4 is 11.3 Å². The second-order valence-corrected chi connectivity index (χ2v) is 6.30. The van der Waals surface area contributed by atoms with E-state index >= 15 is 0 Å². The Kier molecular flexibility index (Phi) is 4.70. The number of thiazole rings is 1. The molecule has 0 radical (unpaired) electrons. The molecular formula is C15H21N3O2S. The lowest BCUT2D eigenvalue weighted by Gasteiger charge is -2.30. The third kappa shape index (κ3) is 3.91. The number of rotatable bonds is 5. The summed E-state index contributed by atoms with van der Waals surface area (Å²) in [6.07, 6.45) is 0.273. The largest absolute Gasteiger partial charge is 0.459 e. The molecule has 1 fully saturated rings. The first kappa shape index (κ1) is 14.7. The number of nitrogens with zero attached hydrogens (tertiary/aromatic N) is 2. The van der Waals surface area contributed by atoms with E-state index in [-0.39, 0.29) is 6.10 Å². The van der Waals surface area contributed by atoms with E-state index in [0.717, 1.165) is 55.0 Å². The van der Waals surface area contributed by atoms with Crippen molar-refractivity contribution in [3.63, 3.8) is 0 Å². The summed E-state index contributed by atoms with van der Waals surface area (Å²) in [4.78, 5) is 6.90. The third-order valence-corrected chi connectivity index (χ3v) is 4.43. The van der Waals surface area contributed by atoms with Crippen LogP contribution < -0.4 is 5.32 Å². The van der Waals surface area contributed by atoms with Gasteiger partial charge in [0.05, 0.1) is 18.4 Å². The molecule has 0 aromatic carbocycles. The van der Waals surface area contributed by atoms with Gasteiger partial charge in [0.2, 0.25) is 0 Å². The van der Waals surface area contributed by atoms with Gasteiger partial charge >= 0.3 is 0 Å². The Hall–Kier alpha value is -1.21. The molecule has 1 aliphatic heterocycles. The molecule has 2 aromatic heterocycles. The average molecular weight is 307 g/mol. The van der Waals surface area contributed by atoms with Gasteiger partial charge in [-0.15, -0.1) is 11.3 Å². The smallest absolute Gasteiger partial charge is 0.162 e. The van der Waals surface area contributed by atoms with Gasteiger partial charge in [-0.25, -0.2) is 4.98 Å². The van der Waals surface area contributed by atoms with Gasteiger partial charge in [-0.2, -0.15) is 0 Å². The monoisotopic (exact) mass is 307 g/mol. The van der Waals surface area contributed by atoms with E-state index in [9.17, 15) is 0 Å². The van der Waals surface area contributed by atoms with Crippen LogP contribution in [0.15, 0.2) is 21.9 Å². The molecule has 1 aliphatic rings. The topological polar surface area (TPSA) is 50.5 Å². The summed E-state index contributed by atoms with van der Waals surface area (Å²) in [5, 5.41) is 6.44. The molecule has 1 saturated heterocycles. The SMILES string of the molecule is Cc1ccc(-c2nc(CNCC3CN(C)CCO3)cs2)o1. The van der Waals surface area contributed by atoms with Crippen LogP contribution in [0, 0.1) is 6.92 Å². The molecule has 0 amide bonds. The van der Waals surface area contributed by atoms with E-state index in [0.29, 0.717) is 0 Å². The van der Waals surface area contributed by atoms with Crippen LogP contribution in [0.1, 0.15) is 11.5 Å². The van der Waals surface area contributed by atoms with Crippen molar-refractivity contribution in [3.05, 3.63) is 29.0 Å². The summed E-state index contributed by atoms with van der Waals surface area (Å²) in [5.41, 5.74) is 1.05. The quantitative estimate of drug-likeness (QED) is 0.917. The van der Waals surface area contributed by atoms with Crippen molar-refractivity contribution < 1.29 is 9.15 Å². The normalized spacial score (nSPS) is 20.0. The van der Waals surface area contributed by atoms with E-state index in [1.54, 1.807) is 11.3 Å². The molecule has 1 N–H and O–H groups in total. The molecule has 2 aromatic rings. The number of hydrogen-bond acceptors (Lipinski definition) is 6. The van der Waals surface area contributed by atoms with Crippen molar-refractivity contribution in [3.8, 4) is 10.8 Å². The Morgan fingerprint density at radius 2 is 2.38 bits per heavy atom. The minimum atomic E-state index is 0.273. The lowest BCUT2D eigenvalue weighted by Crippen LogP contribution is -2.44. The number of aromatic nitrogens is 1. The first-order chi connectivity index (χ1) is 10.2. The molecule has 0 spiro atoms. The standard InChI is InChI=1S/C15H21N3O2S/c1-11-3-4-14(20-11)15-17-12(10-21-15)7-16-8-13-9-18(2)5-6-19-13/h3-4,10,13,16H,5-9H2,1-2H3. The Morgan fingerprint density at radius 3 is 3.14 bits per heavy atom. The molecule has 6 heteroatoms. The Morgan fingerprint density at radius 1 is 1.48 bits per heavy atom. The van der Waals surface area contributed by atoms with Gasteiger partial charge in [-0.1, -0.05) is 0 Å². The third-order valence-electron chi connectivity index (χ3n) is 3.52. The van der Waals surface area contributed by atoms with Gasteiger partial charge in [0.15, 0.2) is 10.8 Å². The lowest BCUT2D eigenvalue weighted by atomic mass is 10.3. The highest BCUT2D eigenvalue weighted by Crippen LogP contribution is 2.25. The maximum Gasteiger partial charge on any atom is 0.162 e. The van der Waals surface area contributed by atoms with Gasteiger partial charge in [-0.3, -0.25) is 0 Å². The molecule has 3 rings (SSSR count). The fourth-order valence-corrected chi connectivity index (χ4v) is 3.18. The van der Waals surface area contributed by atoms with Crippen molar-refractivity contribution in [1.82, 2.24) is 15.2 Å². The number of aryl methyl sites for hydroxylation is 1. The Bertz CT molecular complexity index is 581. The first-order valence-corrected chi connectivity index (χ1v) is 8.11. The number of nitrogens with one attached hydrogen (secondary N) is 1. The second-order valence-electron chi connectivity index (χ2n) is 5.44. The van der Waals surface area contributed by atoms with Crippen LogP contribution in [-0.2, 0) is 11.3 Å². The summed E-state index contributed by atoms with van der Waals surface area (Å²) in [5.74, 6) is 1.76. The molecular weight excluding hydrogens is 286 g/mol. The molecule has 0 aliphatic carbocycles. The van der Waals surface area contributed by atoms with Crippen molar-refractivity contribution in [2.24, 2.45) is 0 Å². The van der Waals surface area contributed by atoms with Crippen LogP contribution in [0.25, 0.3) is 10.8 Å². The molecule has 21 heavy (non-hydrogen) atoms. The van der Waals surface area contributed by atoms with Crippen molar-refractivity contribution in [2.45, 2.75) is 19.6 Å². The molecule has 1 unspecified atom stereocenters. The summed E-state index contributed by atoms with van der Waals surface area (Å²) < 4.78 is 11.3. The van der Waals surface area contributed by atoms with Crippen LogP contribution in [-0.4, -0.2) is 49.3 Å². The van der Waals surface area contributed by atoms with E-state index < -0.39 is 0 Å². The number of hydrogen-bond donors (Lipinski definition) is 1. The maximum absolute atomic E-state index is 5.73. The maximum atomic E-state index is 5.73. The van der Waals surface area contributed by atoms with Gasteiger partial charge in [0.1, 0.15) is 5.76 Å². The Labute approximate surface area is 128 Å². The second kappa shape index (κ2) is 6.70. The van der Waals surface area contributed by atoms with Crippen LogP contribution in [0.5, 0.6) is 0 Å². The molecule has 0 bridgehead atoms. The van der Waals surface area contributed by atoms with Crippen LogP contribution in [0.2, 0.25) is 0 Å². The zero-order valence-corrected chi connectivity index (χ0v) is 13.3. The zero-order valence-electron chi connectivity index (χ0n) is 12.5. The van der Waals surface area contributed by atoms with E-state index in [2.05, 4.69) is 27.6 Å². The van der Waals surface area contributed by atoms with Gasteiger partial charge in [0.25, 0.3) is 0 Å². The average Bonchev–Trinajstić information content (AvgIpc) is 3.08. The lowest BCUT2D eigenvalue weighted by molar-refractivity contribution is -0.0182. The van der Waals surface area contributed by atoms with Crippen LogP contribution in [0.4, 0.5) is 0 Å². The first-order valence-electron chi connectivity index (χ1n) is 7.23. The summed E-state index contributed by atoms with van der Waals surface area (Å²) in [6.45, 7) is 6.40. The summed E-state index contributed by atoms with van der Waals surface area (Å²) in [6, 6.07) is 3.93. The number of morpholine rings is 1. The fourth-order valence-electron chi connectivity index (χ4n) is 2.40. The van der Waals surface area contributed by atoms with E-state index in [1.165, 1.54) is 0 Å². The highest BCUT2D eigenvalue weighted by Gasteiger charge is 2.17. The molecule has 1 atom stereocenters. The molecule has 114 valence electrons. The number of furan rings is 1. The van der Waals surface area contributed by atoms with Gasteiger partial charge in [-0.05, 0) is 26.1 Å². The van der Waals surface area contributed by atoms with E-state index in [1.807, 2.05) is 19.1 Å². The minimum absolute atomic E-state index is 0.273. The number of ether oxygens (including phenoxy) is 1. The van der Waals surface area contributed by atoms with Crippen LogP contribution >= 0.6 is 11.3 Å². The summed E-state index contributed by atoms with van der Waals surface area (Å²) >= 11 is 1.62. The van der Waals surface area contributed by atoms with Crippen molar-refractivity contribution in [2.75, 3.05) is 33.3 Å². The molecule has 5 nitrogen and oxygen atoms in total. The molecule has 3 heterocycles. The Balaban J connectivity index is 1.49. The van der Waals surface area contributed by atoms with E-state index in [4.69, 9.17) is 9.15 Å². The predicted molar refractivity (Wildman–Crippen MR) is 83.5 cm³/mol. The minimum Gasteiger partial charge on any atom is -0.459 e. The van der Waals surface area contributed by atoms with Gasteiger partial charge < -0.3 is 19.4 Å². The zero-order chi connectivity index (χ0) is 14.7. The highest BCUT2D eigenvalue weighted by molar-refractivity contribution is 7.13. The van der Waals surface area contributed by atoms with Gasteiger partial charge in [0, 0.05) is 31.6 Å². The van der Waals surface area contributed by atoms with Crippen LogP contribution in [0.3, 0.4) is 0 Å². The van der Waals surface area contributed by atoms with Crippen molar-refractivity contribution in [1.29, 1.82) is 0 Å². The predicted octanol–water partition coefficient (Wildman–Crippen LogP) is 2.13. The summed E-state index contributed by atoms with van der Waals surface area (Å²) in [7, 11) is 2.13.